The number of aromatic amines is 1. The largest absolute Gasteiger partial charge is 0.444 e. The van der Waals surface area contributed by atoms with Crippen molar-refractivity contribution in [2.24, 2.45) is 0 Å². The standard InChI is InChI=1S/C17H23N5O3/c1-17(2,3)25-16(24)22-8-6-21(7-9-22)15(23)14-12-10-11(18)4-5-13(12)19-20-14/h4-5,10H,6-9,18H2,1-3H3,(H,19,20). The molecule has 3 rings (SSSR count). The maximum absolute atomic E-state index is 12.8. The van der Waals surface area contributed by atoms with Gasteiger partial charge in [-0.25, -0.2) is 4.79 Å². The molecule has 1 aliphatic heterocycles. The number of piperazine rings is 1. The number of H-pyrrole nitrogens is 1. The van der Waals surface area contributed by atoms with Gasteiger partial charge < -0.3 is 20.3 Å². The maximum atomic E-state index is 12.8. The first-order valence-corrected chi connectivity index (χ1v) is 8.25. The molecule has 0 atom stereocenters. The lowest BCUT2D eigenvalue weighted by atomic mass is 10.1. The van der Waals surface area contributed by atoms with E-state index in [9.17, 15) is 9.59 Å². The molecule has 8 nitrogen and oxygen atoms in total. The highest BCUT2D eigenvalue weighted by atomic mass is 16.6. The van der Waals surface area contributed by atoms with Crippen molar-refractivity contribution in [3.63, 3.8) is 0 Å². The molecule has 8 heteroatoms. The normalized spacial score (nSPS) is 15.5. The van der Waals surface area contributed by atoms with E-state index in [2.05, 4.69) is 10.2 Å². The van der Waals surface area contributed by atoms with Crippen LogP contribution in [0.2, 0.25) is 0 Å². The highest BCUT2D eigenvalue weighted by Crippen LogP contribution is 2.21. The van der Waals surface area contributed by atoms with E-state index < -0.39 is 5.60 Å². The summed E-state index contributed by atoms with van der Waals surface area (Å²) in [6.45, 7) is 7.25. The van der Waals surface area contributed by atoms with Crippen LogP contribution in [0.5, 0.6) is 0 Å². The van der Waals surface area contributed by atoms with Crippen LogP contribution in [0.25, 0.3) is 10.9 Å². The van der Waals surface area contributed by atoms with Crippen molar-refractivity contribution in [3.8, 4) is 0 Å². The zero-order chi connectivity index (χ0) is 18.2. The molecular weight excluding hydrogens is 322 g/mol. The monoisotopic (exact) mass is 345 g/mol. The summed E-state index contributed by atoms with van der Waals surface area (Å²) in [7, 11) is 0. The number of benzene rings is 1. The second kappa shape index (κ2) is 6.27. The number of nitrogens with two attached hydrogens (primary N) is 1. The van der Waals surface area contributed by atoms with Gasteiger partial charge in [0, 0.05) is 37.3 Å². The molecule has 2 heterocycles. The van der Waals surface area contributed by atoms with Crippen LogP contribution in [0.3, 0.4) is 0 Å². The third kappa shape index (κ3) is 3.67. The van der Waals surface area contributed by atoms with Crippen molar-refractivity contribution in [1.29, 1.82) is 0 Å². The van der Waals surface area contributed by atoms with Gasteiger partial charge in [-0.05, 0) is 39.0 Å². The first-order chi connectivity index (χ1) is 11.7. The van der Waals surface area contributed by atoms with E-state index >= 15 is 0 Å². The zero-order valence-corrected chi connectivity index (χ0v) is 14.7. The van der Waals surface area contributed by atoms with Gasteiger partial charge in [0.25, 0.3) is 5.91 Å². The van der Waals surface area contributed by atoms with Crippen molar-refractivity contribution < 1.29 is 14.3 Å². The molecule has 0 aliphatic carbocycles. The summed E-state index contributed by atoms with van der Waals surface area (Å²) in [5, 5.41) is 7.70. The summed E-state index contributed by atoms with van der Waals surface area (Å²) in [6, 6.07) is 5.30. The lowest BCUT2D eigenvalue weighted by Gasteiger charge is -2.35. The molecule has 1 fully saturated rings. The molecule has 0 radical (unpaired) electrons. The van der Waals surface area contributed by atoms with E-state index in [1.54, 1.807) is 28.0 Å². The number of rotatable bonds is 1. The molecule has 1 saturated heterocycles. The SMILES string of the molecule is CC(C)(C)OC(=O)N1CCN(C(=O)c2n[nH]c3ccc(N)cc23)CC1. The number of amides is 2. The number of carbonyl (C=O) groups is 2. The third-order valence-corrected chi connectivity index (χ3v) is 4.01. The van der Waals surface area contributed by atoms with Crippen LogP contribution in [0.15, 0.2) is 18.2 Å². The molecule has 2 aromatic rings. The summed E-state index contributed by atoms with van der Waals surface area (Å²) in [4.78, 5) is 28.2. The summed E-state index contributed by atoms with van der Waals surface area (Å²) in [5.74, 6) is -0.166. The van der Waals surface area contributed by atoms with Gasteiger partial charge in [0.05, 0.1) is 5.52 Å². The molecule has 0 unspecified atom stereocenters. The van der Waals surface area contributed by atoms with Crippen molar-refractivity contribution in [2.75, 3.05) is 31.9 Å². The molecule has 1 aliphatic rings. The minimum atomic E-state index is -0.530. The number of nitrogens with one attached hydrogen (secondary N) is 1. The first kappa shape index (κ1) is 17.1. The van der Waals surface area contributed by atoms with E-state index in [4.69, 9.17) is 10.5 Å². The van der Waals surface area contributed by atoms with E-state index in [1.165, 1.54) is 0 Å². The Morgan fingerprint density at radius 2 is 1.80 bits per heavy atom. The number of ether oxygens (including phenoxy) is 1. The molecule has 3 N–H and O–H groups in total. The number of carbonyl (C=O) groups excluding carboxylic acids is 2. The average Bonchev–Trinajstić information content (AvgIpc) is 2.95. The number of hydrogen-bond donors (Lipinski definition) is 2. The molecule has 0 saturated carbocycles. The van der Waals surface area contributed by atoms with Crippen molar-refractivity contribution in [2.45, 2.75) is 26.4 Å². The number of nitrogen functional groups attached to an aromatic ring is 1. The van der Waals surface area contributed by atoms with E-state index in [0.717, 1.165) is 5.52 Å². The third-order valence-electron chi connectivity index (χ3n) is 4.01. The van der Waals surface area contributed by atoms with E-state index in [0.29, 0.717) is 42.9 Å². The van der Waals surface area contributed by atoms with Gasteiger partial charge in [0.1, 0.15) is 5.60 Å². The number of fused-ring (bicyclic) bond motifs is 1. The van der Waals surface area contributed by atoms with Crippen LogP contribution in [0.4, 0.5) is 10.5 Å². The Morgan fingerprint density at radius 1 is 1.16 bits per heavy atom. The fraction of sp³-hybridized carbons (Fsp3) is 0.471. The van der Waals surface area contributed by atoms with Gasteiger partial charge in [-0.2, -0.15) is 5.10 Å². The lowest BCUT2D eigenvalue weighted by Crippen LogP contribution is -2.51. The van der Waals surface area contributed by atoms with Gasteiger partial charge >= 0.3 is 6.09 Å². The fourth-order valence-electron chi connectivity index (χ4n) is 2.76. The number of aromatic nitrogens is 2. The summed E-state index contributed by atoms with van der Waals surface area (Å²) in [5.41, 5.74) is 6.98. The Hall–Kier alpha value is -2.77. The molecule has 0 bridgehead atoms. The van der Waals surface area contributed by atoms with Crippen molar-refractivity contribution in [3.05, 3.63) is 23.9 Å². The smallest absolute Gasteiger partial charge is 0.410 e. The predicted molar refractivity (Wildman–Crippen MR) is 94.2 cm³/mol. The molecule has 2 amide bonds. The van der Waals surface area contributed by atoms with Gasteiger partial charge in [-0.3, -0.25) is 9.89 Å². The van der Waals surface area contributed by atoms with Crippen LogP contribution in [-0.4, -0.2) is 63.8 Å². The van der Waals surface area contributed by atoms with Crippen LogP contribution in [0, 0.1) is 0 Å². The molecule has 25 heavy (non-hydrogen) atoms. The summed E-state index contributed by atoms with van der Waals surface area (Å²) in [6.07, 6.45) is -0.349. The second-order valence-corrected chi connectivity index (χ2v) is 7.14. The summed E-state index contributed by atoms with van der Waals surface area (Å²) >= 11 is 0. The molecule has 134 valence electrons. The number of nitrogens with zero attached hydrogens (tertiary/aromatic N) is 3. The lowest BCUT2D eigenvalue weighted by molar-refractivity contribution is 0.0140. The van der Waals surface area contributed by atoms with Crippen LogP contribution in [0.1, 0.15) is 31.3 Å². The average molecular weight is 345 g/mol. The minimum Gasteiger partial charge on any atom is -0.444 e. The Labute approximate surface area is 145 Å². The second-order valence-electron chi connectivity index (χ2n) is 7.14. The Morgan fingerprint density at radius 3 is 2.44 bits per heavy atom. The van der Waals surface area contributed by atoms with E-state index in [1.807, 2.05) is 20.8 Å². The molecular formula is C17H23N5O3. The molecule has 0 spiro atoms. The summed E-state index contributed by atoms with van der Waals surface area (Å²) < 4.78 is 5.37. The van der Waals surface area contributed by atoms with Gasteiger partial charge in [-0.15, -0.1) is 0 Å². The van der Waals surface area contributed by atoms with Crippen molar-refractivity contribution in [1.82, 2.24) is 20.0 Å². The maximum Gasteiger partial charge on any atom is 0.410 e. The van der Waals surface area contributed by atoms with Crippen LogP contribution in [-0.2, 0) is 4.74 Å². The minimum absolute atomic E-state index is 0.166. The fourth-order valence-corrected chi connectivity index (χ4v) is 2.76. The van der Waals surface area contributed by atoms with Gasteiger partial charge in [0.15, 0.2) is 5.69 Å². The van der Waals surface area contributed by atoms with Crippen LogP contribution >= 0.6 is 0 Å². The van der Waals surface area contributed by atoms with E-state index in [-0.39, 0.29) is 12.0 Å². The van der Waals surface area contributed by atoms with Gasteiger partial charge in [0.2, 0.25) is 0 Å². The topological polar surface area (TPSA) is 105 Å². The number of hydrogen-bond acceptors (Lipinski definition) is 5. The van der Waals surface area contributed by atoms with Crippen molar-refractivity contribution >= 4 is 28.6 Å². The highest BCUT2D eigenvalue weighted by Gasteiger charge is 2.29. The van der Waals surface area contributed by atoms with Crippen LogP contribution < -0.4 is 5.73 Å². The highest BCUT2D eigenvalue weighted by molar-refractivity contribution is 6.05. The predicted octanol–water partition coefficient (Wildman–Crippen LogP) is 1.84. The Kier molecular flexibility index (Phi) is 4.28. The van der Waals surface area contributed by atoms with Gasteiger partial charge in [-0.1, -0.05) is 0 Å². The first-order valence-electron chi connectivity index (χ1n) is 8.25. The molecule has 1 aromatic heterocycles. The zero-order valence-electron chi connectivity index (χ0n) is 14.7. The Balaban J connectivity index is 1.67. The molecule has 1 aromatic carbocycles. The Bertz CT molecular complexity index is 800. The quantitative estimate of drug-likeness (QED) is 0.767. The number of anilines is 1.